The highest BCUT2D eigenvalue weighted by atomic mass is 32.2. The Kier molecular flexibility index (Phi) is 5.83. The van der Waals surface area contributed by atoms with E-state index in [-0.39, 0.29) is 11.6 Å². The van der Waals surface area contributed by atoms with Crippen LogP contribution in [0.15, 0.2) is 83.8 Å². The van der Waals surface area contributed by atoms with Crippen molar-refractivity contribution in [2.24, 2.45) is 0 Å². The maximum absolute atomic E-state index is 12.9. The minimum Gasteiger partial charge on any atom is -0.345 e. The number of hydrogen-bond donors (Lipinski definition) is 0. The molecule has 0 aromatic heterocycles. The molecule has 0 atom stereocenters. The van der Waals surface area contributed by atoms with Crippen molar-refractivity contribution < 1.29 is 9.72 Å². The summed E-state index contributed by atoms with van der Waals surface area (Å²) < 4.78 is 0.394. The van der Waals surface area contributed by atoms with Gasteiger partial charge in [-0.25, -0.2) is 0 Å². The fourth-order valence-corrected chi connectivity index (χ4v) is 4.46. The second kappa shape index (κ2) is 8.71. The number of amides is 1. The predicted molar refractivity (Wildman–Crippen MR) is 130 cm³/mol. The summed E-state index contributed by atoms with van der Waals surface area (Å²) in [5.74, 6) is -0.241. The van der Waals surface area contributed by atoms with Crippen molar-refractivity contribution in [1.82, 2.24) is 0 Å². The maximum Gasteiger partial charge on any atom is 0.270 e. The van der Waals surface area contributed by atoms with Crippen molar-refractivity contribution >= 4 is 63.0 Å². The average Bonchev–Trinajstić information content (AvgIpc) is 3.07. The highest BCUT2D eigenvalue weighted by Crippen LogP contribution is 2.36. The second-order valence-electron chi connectivity index (χ2n) is 6.78. The SMILES string of the molecule is CN(c1ccccc1)c1ccc(/C=C2/SC(=S)N(c3ccc([N+](=O)[O-])cc3)C2=O)cc1. The summed E-state index contributed by atoms with van der Waals surface area (Å²) in [6, 6.07) is 23.7. The zero-order valence-corrected chi connectivity index (χ0v) is 18.1. The van der Waals surface area contributed by atoms with Gasteiger partial charge in [0.15, 0.2) is 4.32 Å². The zero-order chi connectivity index (χ0) is 22.0. The van der Waals surface area contributed by atoms with E-state index in [9.17, 15) is 14.9 Å². The number of benzene rings is 3. The van der Waals surface area contributed by atoms with Crippen LogP contribution in [0.4, 0.5) is 22.7 Å². The molecule has 1 saturated heterocycles. The summed E-state index contributed by atoms with van der Waals surface area (Å²) in [4.78, 5) is 27.3. The van der Waals surface area contributed by atoms with Gasteiger partial charge in [-0.05, 0) is 48.0 Å². The summed E-state index contributed by atoms with van der Waals surface area (Å²) >= 11 is 6.59. The Bertz CT molecular complexity index is 1180. The Morgan fingerprint density at radius 3 is 2.19 bits per heavy atom. The molecule has 31 heavy (non-hydrogen) atoms. The standard InChI is InChI=1S/C23H17N3O3S2/c1-24(17-5-3-2-4-6-17)18-9-7-16(8-10-18)15-21-22(27)25(23(30)31-21)19-11-13-20(14-12-19)26(28)29/h2-15H,1H3/b21-15+. The van der Waals surface area contributed by atoms with E-state index in [2.05, 4.69) is 4.90 Å². The summed E-state index contributed by atoms with van der Waals surface area (Å²) in [5.41, 5.74) is 3.47. The molecule has 8 heteroatoms. The number of nitrogens with zero attached hydrogens (tertiary/aromatic N) is 3. The Morgan fingerprint density at radius 1 is 0.968 bits per heavy atom. The van der Waals surface area contributed by atoms with Crippen molar-refractivity contribution in [2.75, 3.05) is 16.8 Å². The molecule has 1 aliphatic heterocycles. The minimum atomic E-state index is -0.479. The molecule has 3 aromatic rings. The van der Waals surface area contributed by atoms with Gasteiger partial charge in [0.1, 0.15) is 0 Å². The van der Waals surface area contributed by atoms with E-state index >= 15 is 0 Å². The van der Waals surface area contributed by atoms with Crippen LogP contribution in [-0.2, 0) is 4.79 Å². The molecule has 154 valence electrons. The minimum absolute atomic E-state index is 0.0368. The molecule has 6 nitrogen and oxygen atoms in total. The quantitative estimate of drug-likeness (QED) is 0.214. The Morgan fingerprint density at radius 2 is 1.58 bits per heavy atom. The first kappa shape index (κ1) is 20.8. The summed E-state index contributed by atoms with van der Waals surface area (Å²) in [7, 11) is 2.00. The Hall–Kier alpha value is -3.49. The fourth-order valence-electron chi connectivity index (χ4n) is 3.16. The third kappa shape index (κ3) is 4.35. The molecular formula is C23H17N3O3S2. The lowest BCUT2D eigenvalue weighted by atomic mass is 10.1. The zero-order valence-electron chi connectivity index (χ0n) is 16.5. The van der Waals surface area contributed by atoms with Crippen molar-refractivity contribution in [3.05, 3.63) is 99.4 Å². The van der Waals surface area contributed by atoms with Crippen LogP contribution in [0.3, 0.4) is 0 Å². The van der Waals surface area contributed by atoms with Gasteiger partial charge in [-0.1, -0.05) is 54.3 Å². The molecule has 1 heterocycles. The summed E-state index contributed by atoms with van der Waals surface area (Å²) in [6.45, 7) is 0. The molecule has 0 radical (unpaired) electrons. The normalized spacial score (nSPS) is 14.9. The lowest BCUT2D eigenvalue weighted by Crippen LogP contribution is -2.27. The van der Waals surface area contributed by atoms with Gasteiger partial charge < -0.3 is 4.90 Å². The van der Waals surface area contributed by atoms with Crippen LogP contribution in [-0.4, -0.2) is 22.2 Å². The molecule has 1 fully saturated rings. The van der Waals surface area contributed by atoms with Crippen molar-refractivity contribution in [1.29, 1.82) is 0 Å². The van der Waals surface area contributed by atoms with Crippen LogP contribution in [0, 0.1) is 10.1 Å². The van der Waals surface area contributed by atoms with E-state index in [0.717, 1.165) is 16.9 Å². The van der Waals surface area contributed by atoms with E-state index in [4.69, 9.17) is 12.2 Å². The number of carbonyl (C=O) groups is 1. The number of nitro benzene ring substituents is 1. The van der Waals surface area contributed by atoms with Crippen molar-refractivity contribution in [3.8, 4) is 0 Å². The molecule has 3 aromatic carbocycles. The van der Waals surface area contributed by atoms with Crippen LogP contribution in [0.25, 0.3) is 6.08 Å². The molecule has 0 spiro atoms. The van der Waals surface area contributed by atoms with Gasteiger partial charge in [0.2, 0.25) is 0 Å². The molecule has 0 aliphatic carbocycles. The number of thioether (sulfide) groups is 1. The Balaban J connectivity index is 1.53. The third-order valence-electron chi connectivity index (χ3n) is 4.83. The molecular weight excluding hydrogens is 430 g/mol. The average molecular weight is 448 g/mol. The molecule has 4 rings (SSSR count). The number of carbonyl (C=O) groups excluding carboxylic acids is 1. The monoisotopic (exact) mass is 447 g/mol. The fraction of sp³-hybridized carbons (Fsp3) is 0.0435. The van der Waals surface area contributed by atoms with E-state index in [1.54, 1.807) is 6.08 Å². The Labute approximate surface area is 188 Å². The largest absolute Gasteiger partial charge is 0.345 e. The van der Waals surface area contributed by atoms with E-state index in [1.165, 1.54) is 40.9 Å². The van der Waals surface area contributed by atoms with Crippen LogP contribution < -0.4 is 9.80 Å². The predicted octanol–water partition coefficient (Wildman–Crippen LogP) is 5.77. The van der Waals surface area contributed by atoms with Crippen LogP contribution in [0.5, 0.6) is 0 Å². The molecule has 0 bridgehead atoms. The second-order valence-corrected chi connectivity index (χ2v) is 8.45. The number of anilines is 3. The van der Waals surface area contributed by atoms with Crippen LogP contribution >= 0.6 is 24.0 Å². The molecule has 0 saturated carbocycles. The lowest BCUT2D eigenvalue weighted by Gasteiger charge is -2.19. The first-order valence-corrected chi connectivity index (χ1v) is 10.6. The van der Waals surface area contributed by atoms with E-state index < -0.39 is 4.92 Å². The molecule has 0 unspecified atom stereocenters. The highest BCUT2D eigenvalue weighted by Gasteiger charge is 2.33. The van der Waals surface area contributed by atoms with Gasteiger partial charge in [0.25, 0.3) is 11.6 Å². The van der Waals surface area contributed by atoms with Gasteiger partial charge in [0.05, 0.1) is 15.5 Å². The highest BCUT2D eigenvalue weighted by molar-refractivity contribution is 8.27. The summed E-state index contributed by atoms with van der Waals surface area (Å²) in [6.07, 6.45) is 1.80. The maximum atomic E-state index is 12.9. The first-order valence-electron chi connectivity index (χ1n) is 9.35. The number of non-ortho nitro benzene ring substituents is 1. The smallest absolute Gasteiger partial charge is 0.270 e. The van der Waals surface area contributed by atoms with Crippen molar-refractivity contribution in [2.45, 2.75) is 0 Å². The van der Waals surface area contributed by atoms with Crippen LogP contribution in [0.2, 0.25) is 0 Å². The number of rotatable bonds is 5. The number of para-hydroxylation sites is 1. The number of nitro groups is 1. The number of thiocarbonyl (C=S) groups is 1. The van der Waals surface area contributed by atoms with Gasteiger partial charge in [0, 0.05) is 30.6 Å². The third-order valence-corrected chi connectivity index (χ3v) is 6.14. The van der Waals surface area contributed by atoms with Crippen molar-refractivity contribution in [3.63, 3.8) is 0 Å². The van der Waals surface area contributed by atoms with Gasteiger partial charge in [-0.3, -0.25) is 19.8 Å². The van der Waals surface area contributed by atoms with Gasteiger partial charge in [-0.2, -0.15) is 0 Å². The first-order chi connectivity index (χ1) is 14.9. The van der Waals surface area contributed by atoms with Crippen LogP contribution in [0.1, 0.15) is 5.56 Å². The topological polar surface area (TPSA) is 66.7 Å². The van der Waals surface area contributed by atoms with E-state index in [0.29, 0.717) is 14.9 Å². The van der Waals surface area contributed by atoms with Gasteiger partial charge in [-0.15, -0.1) is 0 Å². The molecule has 0 N–H and O–H groups in total. The number of hydrogen-bond acceptors (Lipinski definition) is 6. The van der Waals surface area contributed by atoms with E-state index in [1.807, 2.05) is 61.6 Å². The molecule has 1 aliphatic rings. The summed E-state index contributed by atoms with van der Waals surface area (Å²) in [5, 5.41) is 10.8. The molecule has 1 amide bonds. The lowest BCUT2D eigenvalue weighted by molar-refractivity contribution is -0.384. The van der Waals surface area contributed by atoms with Gasteiger partial charge >= 0.3 is 0 Å².